The van der Waals surface area contributed by atoms with E-state index in [1.165, 1.54) is 53.2 Å². The summed E-state index contributed by atoms with van der Waals surface area (Å²) in [5.74, 6) is -2.54. The molecule has 0 bridgehead atoms. The maximum atomic E-state index is 11.6. The Kier molecular flexibility index (Phi) is 11.5. The predicted molar refractivity (Wildman–Crippen MR) is 182 cm³/mol. The van der Waals surface area contributed by atoms with Crippen LogP contribution in [0.2, 0.25) is 0 Å². The minimum absolute atomic E-state index is 0. The van der Waals surface area contributed by atoms with Crippen LogP contribution in [-0.4, -0.2) is 17.1 Å². The molecule has 0 amide bonds. The third kappa shape index (κ3) is 7.62. The summed E-state index contributed by atoms with van der Waals surface area (Å²) in [5, 5.41) is 14.0. The van der Waals surface area contributed by atoms with Crippen molar-refractivity contribution in [1.29, 1.82) is 0 Å². The molecular formula is C38H41F3IrNO2S-. The van der Waals surface area contributed by atoms with Crippen LogP contribution in [0.3, 0.4) is 0 Å². The first-order valence-electron chi connectivity index (χ1n) is 15.0. The van der Waals surface area contributed by atoms with Crippen LogP contribution in [0.1, 0.15) is 70.2 Å². The number of carbonyl (C=O) groups excluding carboxylic acids is 1. The molecule has 2 aromatic heterocycles. The van der Waals surface area contributed by atoms with E-state index in [1.807, 2.05) is 15.9 Å². The van der Waals surface area contributed by atoms with Gasteiger partial charge in [0.05, 0.1) is 17.6 Å². The Labute approximate surface area is 287 Å². The monoisotopic (exact) mass is 825 g/mol. The zero-order chi connectivity index (χ0) is 33.4. The third-order valence-electron chi connectivity index (χ3n) is 7.98. The van der Waals surface area contributed by atoms with Crippen LogP contribution in [0.4, 0.5) is 13.2 Å². The summed E-state index contributed by atoms with van der Waals surface area (Å²) < 4.78 is 39.6. The topological polar surface area (TPSA) is 41.2 Å². The summed E-state index contributed by atoms with van der Waals surface area (Å²) >= 11 is 1.89. The fraction of sp³-hybridized carbons (Fsp3) is 0.316. The molecule has 46 heavy (non-hydrogen) atoms. The number of fused-ring (bicyclic) bond motifs is 4. The molecule has 0 spiro atoms. The number of ketones is 1. The fourth-order valence-corrected chi connectivity index (χ4v) is 7.09. The number of pyridine rings is 1. The number of nitrogens with zero attached hydrogens (tertiary/aromatic N) is 1. The van der Waals surface area contributed by atoms with Gasteiger partial charge in [0.15, 0.2) is 0 Å². The van der Waals surface area contributed by atoms with E-state index in [1.54, 1.807) is 13.8 Å². The van der Waals surface area contributed by atoms with Crippen molar-refractivity contribution in [3.63, 3.8) is 0 Å². The third-order valence-corrected chi connectivity index (χ3v) is 9.32. The fourth-order valence-electron chi connectivity index (χ4n) is 5.70. The van der Waals surface area contributed by atoms with Gasteiger partial charge in [-0.25, -0.2) is 0 Å². The molecule has 8 heteroatoms. The maximum absolute atomic E-state index is 11.6. The average Bonchev–Trinajstić information content (AvgIpc) is 3.32. The van der Waals surface area contributed by atoms with Gasteiger partial charge in [0.25, 0.3) is 5.78 Å². The minimum atomic E-state index is -4.90. The predicted octanol–water partition coefficient (Wildman–Crippen LogP) is 10.8. The van der Waals surface area contributed by atoms with Crippen LogP contribution in [0.5, 0.6) is 0 Å². The molecule has 247 valence electrons. The molecule has 5 rings (SSSR count). The summed E-state index contributed by atoms with van der Waals surface area (Å²) in [6.45, 7) is 19.4. The van der Waals surface area contributed by atoms with Gasteiger partial charge >= 0.3 is 6.18 Å². The van der Waals surface area contributed by atoms with Gasteiger partial charge in [0.1, 0.15) is 0 Å². The van der Waals surface area contributed by atoms with E-state index in [0.29, 0.717) is 0 Å². The molecule has 0 atom stereocenters. The van der Waals surface area contributed by atoms with Crippen molar-refractivity contribution in [1.82, 2.24) is 0 Å². The number of hydrogen-bond acceptors (Lipinski definition) is 3. The number of aryl methyl sites for hydroxylation is 2. The molecule has 0 aliphatic rings. The number of carbonyl (C=O) groups is 1. The largest absolute Gasteiger partial charge is 0.512 e. The van der Waals surface area contributed by atoms with Crippen molar-refractivity contribution in [3.05, 3.63) is 103 Å². The van der Waals surface area contributed by atoms with E-state index >= 15 is 0 Å². The van der Waals surface area contributed by atoms with Crippen molar-refractivity contribution >= 4 is 48.1 Å². The normalized spacial score (nSPS) is 12.4. The Morgan fingerprint density at radius 1 is 1.00 bits per heavy atom. The van der Waals surface area contributed by atoms with E-state index in [2.05, 4.69) is 103 Å². The molecule has 1 N–H and O–H groups in total. The van der Waals surface area contributed by atoms with Gasteiger partial charge in [-0.3, -0.25) is 4.79 Å². The van der Waals surface area contributed by atoms with Gasteiger partial charge in [-0.05, 0) is 52.6 Å². The molecule has 2 heterocycles. The summed E-state index contributed by atoms with van der Waals surface area (Å²) in [5.41, 5.74) is 7.59. The zero-order valence-corrected chi connectivity index (χ0v) is 30.6. The van der Waals surface area contributed by atoms with Crippen LogP contribution in [0.25, 0.3) is 42.2 Å². The molecule has 0 saturated carbocycles. The SMILES string of the molecule is CC(C)C/C(O)=C/C(=O)C(F)(F)F.[CH2-]c1c(-c2c3sc4c(C)c(CC)ccc4c3cc[n+]2[CH2-])cc(C(C)(C)C)c2ccccc12.[Ir]. The smallest absolute Gasteiger partial charge is 0.454 e. The summed E-state index contributed by atoms with van der Waals surface area (Å²) in [6.07, 6.45) is -1.45. The van der Waals surface area contributed by atoms with Crippen molar-refractivity contribution in [3.8, 4) is 11.3 Å². The van der Waals surface area contributed by atoms with Crippen LogP contribution >= 0.6 is 11.3 Å². The molecule has 0 fully saturated rings. The second kappa shape index (κ2) is 14.2. The van der Waals surface area contributed by atoms with Crippen LogP contribution < -0.4 is 4.57 Å². The standard InChI is InChI=1S/C30H30NS.C8H11F3O2.Ir/c1-8-20-13-14-23-24-15-16-31(7)27(29(24)32-28(23)18(20)2)25-17-26(30(4,5)6)22-12-10-9-11-21(22)19(25)3;1-5(2)3-6(12)4-7(13)8(9,10)11;/h9-17H,3,7-8H2,1-2,4-6H3;4-5,12H,3H2,1-2H3;/q-1;;/b;6-4-;. The first-order chi connectivity index (χ1) is 20.9. The van der Waals surface area contributed by atoms with E-state index < -0.39 is 17.7 Å². The second-order valence-electron chi connectivity index (χ2n) is 12.9. The minimum Gasteiger partial charge on any atom is -0.512 e. The summed E-state index contributed by atoms with van der Waals surface area (Å²) in [7, 11) is 4.38. The van der Waals surface area contributed by atoms with E-state index in [4.69, 9.17) is 5.11 Å². The number of aromatic nitrogens is 1. The Balaban J connectivity index is 0.000000352. The molecule has 0 unspecified atom stereocenters. The van der Waals surface area contributed by atoms with Crippen molar-refractivity contribution in [2.45, 2.75) is 72.9 Å². The van der Waals surface area contributed by atoms with Gasteiger partial charge in [0.2, 0.25) is 0 Å². The number of halogens is 3. The zero-order valence-electron chi connectivity index (χ0n) is 27.4. The molecular weight excluding hydrogens is 784 g/mol. The van der Waals surface area contributed by atoms with E-state index in [-0.39, 0.29) is 43.9 Å². The van der Waals surface area contributed by atoms with Gasteiger partial charge < -0.3 is 9.67 Å². The van der Waals surface area contributed by atoms with Crippen molar-refractivity contribution in [2.24, 2.45) is 5.92 Å². The molecule has 3 aromatic carbocycles. The number of benzene rings is 3. The summed E-state index contributed by atoms with van der Waals surface area (Å²) in [4.78, 5) is 10.3. The second-order valence-corrected chi connectivity index (χ2v) is 13.9. The number of hydrogen-bond donors (Lipinski definition) is 1. The Morgan fingerprint density at radius 3 is 2.17 bits per heavy atom. The molecule has 5 aromatic rings. The van der Waals surface area contributed by atoms with Crippen molar-refractivity contribution < 1.29 is 47.7 Å². The molecule has 0 aliphatic carbocycles. The number of rotatable bonds is 5. The van der Waals surface area contributed by atoms with Crippen LogP contribution in [0.15, 0.2) is 66.6 Å². The van der Waals surface area contributed by atoms with Crippen LogP contribution in [0, 0.1) is 26.8 Å². The van der Waals surface area contributed by atoms with Crippen molar-refractivity contribution in [2.75, 3.05) is 0 Å². The Hall–Kier alpha value is -3.32. The number of alkyl halides is 3. The van der Waals surface area contributed by atoms with E-state index in [9.17, 15) is 18.0 Å². The van der Waals surface area contributed by atoms with E-state index in [0.717, 1.165) is 17.7 Å². The number of aliphatic hydroxyl groups is 1. The molecule has 1 radical (unpaired) electrons. The number of allylic oxidation sites excluding steroid dienone is 2. The summed E-state index contributed by atoms with van der Waals surface area (Å²) in [6, 6.07) is 17.8. The van der Waals surface area contributed by atoms with Gasteiger partial charge in [-0.15, -0.1) is 34.4 Å². The Bertz CT molecular complexity index is 1930. The van der Waals surface area contributed by atoms with Crippen LogP contribution in [-0.2, 0) is 36.7 Å². The average molecular weight is 825 g/mol. The molecule has 0 aliphatic heterocycles. The quantitative estimate of drug-likeness (QED) is 0.0830. The number of thiophene rings is 1. The van der Waals surface area contributed by atoms with Gasteiger partial charge in [0, 0.05) is 49.0 Å². The molecule has 0 saturated heterocycles. The first kappa shape index (κ1) is 37.1. The first-order valence-corrected chi connectivity index (χ1v) is 15.9. The number of aliphatic hydroxyl groups excluding tert-OH is 1. The van der Waals surface area contributed by atoms with Gasteiger partial charge in [-0.2, -0.15) is 25.7 Å². The van der Waals surface area contributed by atoms with Gasteiger partial charge in [-0.1, -0.05) is 82.8 Å². The maximum Gasteiger partial charge on any atom is 0.454 e. The Morgan fingerprint density at radius 2 is 1.61 bits per heavy atom. The molecule has 3 nitrogen and oxygen atoms in total.